The Kier molecular flexibility index (Phi) is 4.72. The van der Waals surface area contributed by atoms with E-state index < -0.39 is 0 Å². The van der Waals surface area contributed by atoms with Crippen LogP contribution < -0.4 is 5.90 Å². The van der Waals surface area contributed by atoms with Crippen molar-refractivity contribution in [2.24, 2.45) is 11.1 Å². The summed E-state index contributed by atoms with van der Waals surface area (Å²) in [6.07, 6.45) is 2.18. The highest BCUT2D eigenvalue weighted by Crippen LogP contribution is 2.25. The third-order valence-corrected chi connectivity index (χ3v) is 2.70. The Morgan fingerprint density at radius 3 is 2.84 bits per heavy atom. The average Bonchev–Trinajstić information content (AvgIpc) is 2.44. The molecule has 0 saturated heterocycles. The number of oxime groups is 1. The Morgan fingerprint density at radius 1 is 1.16 bits per heavy atom. The van der Waals surface area contributed by atoms with Crippen molar-refractivity contribution in [3.63, 3.8) is 0 Å². The molecule has 19 heavy (non-hydrogen) atoms. The molecule has 2 rings (SSSR count). The highest BCUT2D eigenvalue weighted by molar-refractivity contribution is 6.02. The predicted molar refractivity (Wildman–Crippen MR) is 73.9 cm³/mol. The average molecular weight is 260 g/mol. The molecule has 100 valence electrons. The minimum absolute atomic E-state index is 0.177. The van der Waals surface area contributed by atoms with E-state index in [0.717, 1.165) is 10.8 Å². The molecule has 0 radical (unpaired) electrons. The van der Waals surface area contributed by atoms with Gasteiger partial charge in [0.2, 0.25) is 0 Å². The van der Waals surface area contributed by atoms with Crippen molar-refractivity contribution >= 4 is 17.0 Å². The fourth-order valence-electron chi connectivity index (χ4n) is 1.77. The molecule has 0 bridgehead atoms. The Bertz CT molecular complexity index is 570. The van der Waals surface area contributed by atoms with Crippen LogP contribution in [0.2, 0.25) is 0 Å². The lowest BCUT2D eigenvalue weighted by atomic mass is 10.0. The molecule has 0 spiro atoms. The summed E-state index contributed by atoms with van der Waals surface area (Å²) in [6.45, 7) is 0.842. The van der Waals surface area contributed by atoms with Crippen molar-refractivity contribution in [3.05, 3.63) is 42.0 Å². The molecule has 2 aromatic carbocycles. The van der Waals surface area contributed by atoms with E-state index in [1.165, 1.54) is 6.21 Å². The van der Waals surface area contributed by atoms with E-state index in [0.29, 0.717) is 25.2 Å². The van der Waals surface area contributed by atoms with Gasteiger partial charge in [-0.25, -0.2) is 5.90 Å². The predicted octanol–water partition coefficient (Wildman–Crippen LogP) is 2.18. The van der Waals surface area contributed by atoms with Gasteiger partial charge in [0.05, 0.1) is 12.8 Å². The molecule has 0 unspecified atom stereocenters. The van der Waals surface area contributed by atoms with Gasteiger partial charge < -0.3 is 14.8 Å². The summed E-state index contributed by atoms with van der Waals surface area (Å²) in [5.74, 6) is 5.07. The van der Waals surface area contributed by atoms with Gasteiger partial charge in [-0.15, -0.1) is 0 Å². The second kappa shape index (κ2) is 6.72. The summed E-state index contributed by atoms with van der Waals surface area (Å²) >= 11 is 0. The van der Waals surface area contributed by atoms with Crippen molar-refractivity contribution in [3.8, 4) is 5.75 Å². The zero-order valence-electron chi connectivity index (χ0n) is 10.5. The highest BCUT2D eigenvalue weighted by atomic mass is 16.6. The number of benzene rings is 2. The Morgan fingerprint density at radius 2 is 2.00 bits per heavy atom. The quantitative estimate of drug-likeness (QED) is 0.474. The van der Waals surface area contributed by atoms with Crippen molar-refractivity contribution in [1.29, 1.82) is 0 Å². The first kappa shape index (κ1) is 13.3. The smallest absolute Gasteiger partial charge is 0.125 e. The second-order valence-electron chi connectivity index (χ2n) is 4.01. The standard InChI is InChI=1S/C14H16N2O3/c15-18-8-3-9-19-16-10-13-12-5-2-1-4-11(12)6-7-14(13)17/h1-2,4-7,10,17H,3,8-9,15H2/b16-10+. The second-order valence-corrected chi connectivity index (χ2v) is 4.01. The number of phenolic OH excluding ortho intramolecular Hbond substituents is 1. The molecule has 5 heteroatoms. The van der Waals surface area contributed by atoms with Crippen LogP contribution in [0.15, 0.2) is 41.6 Å². The van der Waals surface area contributed by atoms with Gasteiger partial charge in [-0.3, -0.25) is 0 Å². The van der Waals surface area contributed by atoms with Crippen molar-refractivity contribution in [1.82, 2.24) is 0 Å². The third kappa shape index (κ3) is 3.43. The molecule has 0 saturated carbocycles. The van der Waals surface area contributed by atoms with Gasteiger partial charge in [-0.2, -0.15) is 0 Å². The number of nitrogens with two attached hydrogens (primary N) is 1. The molecule has 0 atom stereocenters. The Hall–Kier alpha value is -2.11. The number of phenols is 1. The Balaban J connectivity index is 2.11. The van der Waals surface area contributed by atoms with Gasteiger partial charge in [0.25, 0.3) is 0 Å². The summed E-state index contributed by atoms with van der Waals surface area (Å²) in [5, 5.41) is 15.7. The van der Waals surface area contributed by atoms with Crippen LogP contribution in [0.25, 0.3) is 10.8 Å². The number of nitrogens with zero attached hydrogens (tertiary/aromatic N) is 1. The molecule has 0 aromatic heterocycles. The fraction of sp³-hybridized carbons (Fsp3) is 0.214. The van der Waals surface area contributed by atoms with Gasteiger partial charge in [0.15, 0.2) is 0 Å². The number of hydrogen-bond donors (Lipinski definition) is 2. The van der Waals surface area contributed by atoms with Crippen molar-refractivity contribution in [2.45, 2.75) is 6.42 Å². The monoisotopic (exact) mass is 260 g/mol. The number of fused-ring (bicyclic) bond motifs is 1. The van der Waals surface area contributed by atoms with Gasteiger partial charge in [0, 0.05) is 12.0 Å². The lowest BCUT2D eigenvalue weighted by Gasteiger charge is -2.04. The first-order valence-electron chi connectivity index (χ1n) is 6.00. The zero-order chi connectivity index (χ0) is 13.5. The first-order valence-corrected chi connectivity index (χ1v) is 6.00. The Labute approximate surface area is 111 Å². The molecule has 2 aromatic rings. The molecular weight excluding hydrogens is 244 g/mol. The van der Waals surface area contributed by atoms with E-state index in [1.807, 2.05) is 30.3 Å². The minimum Gasteiger partial charge on any atom is -0.507 e. The molecule has 3 N–H and O–H groups in total. The molecular formula is C14H16N2O3. The minimum atomic E-state index is 0.177. The molecule has 0 fully saturated rings. The van der Waals surface area contributed by atoms with Crippen LogP contribution >= 0.6 is 0 Å². The summed E-state index contributed by atoms with van der Waals surface area (Å²) < 4.78 is 0. The maximum Gasteiger partial charge on any atom is 0.125 e. The number of rotatable bonds is 6. The van der Waals surface area contributed by atoms with E-state index in [4.69, 9.17) is 10.7 Å². The molecule has 5 nitrogen and oxygen atoms in total. The summed E-state index contributed by atoms with van der Waals surface area (Å²) in [7, 11) is 0. The van der Waals surface area contributed by atoms with Gasteiger partial charge in [0.1, 0.15) is 12.4 Å². The van der Waals surface area contributed by atoms with E-state index in [1.54, 1.807) is 6.07 Å². The summed E-state index contributed by atoms with van der Waals surface area (Å²) in [4.78, 5) is 9.48. The van der Waals surface area contributed by atoms with Crippen LogP contribution in [-0.4, -0.2) is 24.5 Å². The van der Waals surface area contributed by atoms with Crippen LogP contribution in [0.1, 0.15) is 12.0 Å². The SMILES string of the molecule is NOCCCO/N=C/c1c(O)ccc2ccccc12. The van der Waals surface area contributed by atoms with Crippen molar-refractivity contribution < 1.29 is 14.8 Å². The summed E-state index contributed by atoms with van der Waals surface area (Å²) in [5.41, 5.74) is 0.646. The van der Waals surface area contributed by atoms with Crippen LogP contribution in [0, 0.1) is 0 Å². The van der Waals surface area contributed by atoms with Crippen LogP contribution in [0.5, 0.6) is 5.75 Å². The van der Waals surface area contributed by atoms with E-state index >= 15 is 0 Å². The van der Waals surface area contributed by atoms with Gasteiger partial charge in [-0.1, -0.05) is 35.5 Å². The molecule has 0 aliphatic carbocycles. The molecule has 0 heterocycles. The zero-order valence-corrected chi connectivity index (χ0v) is 10.5. The maximum atomic E-state index is 9.87. The normalized spacial score (nSPS) is 11.2. The third-order valence-electron chi connectivity index (χ3n) is 2.70. The van der Waals surface area contributed by atoms with Crippen LogP contribution in [0.3, 0.4) is 0 Å². The maximum absolute atomic E-state index is 9.87. The van der Waals surface area contributed by atoms with E-state index in [-0.39, 0.29) is 5.75 Å². The van der Waals surface area contributed by atoms with E-state index in [2.05, 4.69) is 9.99 Å². The fourth-order valence-corrected chi connectivity index (χ4v) is 1.77. The number of aromatic hydroxyl groups is 1. The molecule has 0 amide bonds. The topological polar surface area (TPSA) is 77.1 Å². The molecule has 0 aliphatic heterocycles. The molecule has 0 aliphatic rings. The van der Waals surface area contributed by atoms with E-state index in [9.17, 15) is 5.11 Å². The lowest BCUT2D eigenvalue weighted by Crippen LogP contribution is -2.03. The van der Waals surface area contributed by atoms with Gasteiger partial charge >= 0.3 is 0 Å². The summed E-state index contributed by atoms with van der Waals surface area (Å²) in [6, 6.07) is 11.3. The largest absolute Gasteiger partial charge is 0.507 e. The highest BCUT2D eigenvalue weighted by Gasteiger charge is 2.04. The number of hydrogen-bond acceptors (Lipinski definition) is 5. The van der Waals surface area contributed by atoms with Gasteiger partial charge in [-0.05, 0) is 16.8 Å². The van der Waals surface area contributed by atoms with Crippen LogP contribution in [-0.2, 0) is 9.68 Å². The lowest BCUT2D eigenvalue weighted by molar-refractivity contribution is 0.0876. The van der Waals surface area contributed by atoms with Crippen molar-refractivity contribution in [2.75, 3.05) is 13.2 Å². The van der Waals surface area contributed by atoms with Crippen LogP contribution in [0.4, 0.5) is 0 Å². The first-order chi connectivity index (χ1) is 9.33.